The van der Waals surface area contributed by atoms with Crippen LogP contribution >= 0.6 is 15.9 Å². The zero-order valence-corrected chi connectivity index (χ0v) is 15.9. The van der Waals surface area contributed by atoms with Crippen LogP contribution in [-0.2, 0) is 4.79 Å². The number of allylic oxidation sites excluding steroid dienone is 1. The number of urea groups is 1. The molecule has 1 aliphatic heterocycles. The van der Waals surface area contributed by atoms with E-state index in [0.717, 1.165) is 4.47 Å². The molecule has 0 aromatic heterocycles. The maximum Gasteiger partial charge on any atom is 0.319 e. The van der Waals surface area contributed by atoms with Crippen molar-refractivity contribution in [3.8, 4) is 5.75 Å². The second-order valence-electron chi connectivity index (χ2n) is 5.78. The zero-order chi connectivity index (χ0) is 18.7. The number of hydrogen-bond donors (Lipinski definition) is 3. The Hall–Kier alpha value is -2.80. The van der Waals surface area contributed by atoms with Crippen LogP contribution in [0.3, 0.4) is 0 Å². The number of amides is 3. The number of carbonyl (C=O) groups excluding carboxylic acids is 2. The highest BCUT2D eigenvalue weighted by atomic mass is 79.9. The van der Waals surface area contributed by atoms with Crippen molar-refractivity contribution in [2.24, 2.45) is 0 Å². The largest absolute Gasteiger partial charge is 0.496 e. The van der Waals surface area contributed by atoms with Crippen LogP contribution in [-0.4, -0.2) is 19.0 Å². The lowest BCUT2D eigenvalue weighted by Crippen LogP contribution is -2.46. The third-order valence-corrected chi connectivity index (χ3v) is 4.54. The van der Waals surface area contributed by atoms with E-state index in [9.17, 15) is 9.59 Å². The first-order valence-electron chi connectivity index (χ1n) is 7.97. The molecule has 0 saturated carbocycles. The minimum Gasteiger partial charge on any atom is -0.496 e. The summed E-state index contributed by atoms with van der Waals surface area (Å²) in [6.07, 6.45) is 0. The molecule has 1 heterocycles. The van der Waals surface area contributed by atoms with E-state index in [2.05, 4.69) is 31.9 Å². The fourth-order valence-electron chi connectivity index (χ4n) is 2.88. The van der Waals surface area contributed by atoms with Gasteiger partial charge < -0.3 is 20.7 Å². The first-order chi connectivity index (χ1) is 12.5. The summed E-state index contributed by atoms with van der Waals surface area (Å²) in [5.41, 5.74) is 2.28. The van der Waals surface area contributed by atoms with Gasteiger partial charge in [0, 0.05) is 21.4 Å². The molecule has 1 atom stereocenters. The number of nitrogens with one attached hydrogen (secondary N) is 3. The second-order valence-corrected chi connectivity index (χ2v) is 6.69. The molecule has 2 aromatic carbocycles. The van der Waals surface area contributed by atoms with Gasteiger partial charge in [0.25, 0.3) is 5.91 Å². The van der Waals surface area contributed by atoms with Gasteiger partial charge in [-0.05, 0) is 37.3 Å². The van der Waals surface area contributed by atoms with Crippen molar-refractivity contribution in [3.05, 3.63) is 69.8 Å². The Labute approximate surface area is 159 Å². The molecule has 3 rings (SSSR count). The van der Waals surface area contributed by atoms with Gasteiger partial charge in [-0.15, -0.1) is 0 Å². The molecule has 0 fully saturated rings. The topological polar surface area (TPSA) is 79.5 Å². The average Bonchev–Trinajstić information content (AvgIpc) is 2.61. The number of ether oxygens (including phenoxy) is 1. The number of benzene rings is 2. The summed E-state index contributed by atoms with van der Waals surface area (Å²) in [6.45, 7) is 1.70. The number of methoxy groups -OCH3 is 1. The van der Waals surface area contributed by atoms with Crippen LogP contribution in [0.15, 0.2) is 64.3 Å². The normalized spacial score (nSPS) is 16.6. The van der Waals surface area contributed by atoms with E-state index in [0.29, 0.717) is 28.3 Å². The van der Waals surface area contributed by atoms with Crippen LogP contribution in [0.2, 0.25) is 0 Å². The van der Waals surface area contributed by atoms with Crippen LogP contribution in [0.5, 0.6) is 5.75 Å². The molecule has 6 nitrogen and oxygen atoms in total. The number of hydrogen-bond acceptors (Lipinski definition) is 3. The SMILES string of the molecule is COc1ccc(Br)cc1C1NC(=O)NC(C)=C1C(=O)Nc1ccccc1. The lowest BCUT2D eigenvalue weighted by molar-refractivity contribution is -0.113. The minimum atomic E-state index is -0.639. The Bertz CT molecular complexity index is 881. The third kappa shape index (κ3) is 3.72. The minimum absolute atomic E-state index is 0.298. The molecule has 1 unspecified atom stereocenters. The monoisotopic (exact) mass is 415 g/mol. The van der Waals surface area contributed by atoms with Gasteiger partial charge in [0.2, 0.25) is 0 Å². The molecular weight excluding hydrogens is 398 g/mol. The fourth-order valence-corrected chi connectivity index (χ4v) is 3.26. The Morgan fingerprint density at radius 1 is 1.19 bits per heavy atom. The molecular formula is C19H18BrN3O3. The highest BCUT2D eigenvalue weighted by molar-refractivity contribution is 9.10. The van der Waals surface area contributed by atoms with E-state index in [-0.39, 0.29) is 11.9 Å². The van der Waals surface area contributed by atoms with Gasteiger partial charge in [-0.1, -0.05) is 34.1 Å². The molecule has 1 aliphatic rings. The molecule has 0 saturated heterocycles. The van der Waals surface area contributed by atoms with Crippen molar-refractivity contribution in [1.82, 2.24) is 10.6 Å². The van der Waals surface area contributed by atoms with Crippen molar-refractivity contribution in [1.29, 1.82) is 0 Å². The van der Waals surface area contributed by atoms with Crippen LogP contribution in [0.4, 0.5) is 10.5 Å². The zero-order valence-electron chi connectivity index (χ0n) is 14.3. The molecule has 134 valence electrons. The number of anilines is 1. The maximum atomic E-state index is 12.9. The summed E-state index contributed by atoms with van der Waals surface area (Å²) < 4.78 is 6.24. The van der Waals surface area contributed by atoms with Gasteiger partial charge in [-0.3, -0.25) is 4.79 Å². The Balaban J connectivity index is 2.02. The number of rotatable bonds is 4. The Morgan fingerprint density at radius 3 is 2.62 bits per heavy atom. The number of carbonyl (C=O) groups is 2. The molecule has 2 aromatic rings. The summed E-state index contributed by atoms with van der Waals surface area (Å²) in [4.78, 5) is 25.0. The maximum absolute atomic E-state index is 12.9. The molecule has 7 heteroatoms. The van der Waals surface area contributed by atoms with Crippen molar-refractivity contribution < 1.29 is 14.3 Å². The third-order valence-electron chi connectivity index (χ3n) is 4.05. The summed E-state index contributed by atoms with van der Waals surface area (Å²) in [7, 11) is 1.55. The summed E-state index contributed by atoms with van der Waals surface area (Å²) in [6, 6.07) is 13.6. The van der Waals surface area contributed by atoms with Gasteiger partial charge >= 0.3 is 6.03 Å². The van der Waals surface area contributed by atoms with E-state index in [1.165, 1.54) is 0 Å². The van der Waals surface area contributed by atoms with Crippen molar-refractivity contribution >= 4 is 33.6 Å². The summed E-state index contributed by atoms with van der Waals surface area (Å²) in [5.74, 6) is 0.284. The summed E-state index contributed by atoms with van der Waals surface area (Å²) >= 11 is 3.43. The van der Waals surface area contributed by atoms with Crippen LogP contribution in [0, 0.1) is 0 Å². The first kappa shape index (κ1) is 18.0. The fraction of sp³-hybridized carbons (Fsp3) is 0.158. The van der Waals surface area contributed by atoms with Gasteiger partial charge in [0.1, 0.15) is 5.75 Å². The number of para-hydroxylation sites is 1. The molecule has 3 amide bonds. The van der Waals surface area contributed by atoms with Crippen LogP contribution < -0.4 is 20.7 Å². The molecule has 3 N–H and O–H groups in total. The molecule has 0 spiro atoms. The Kier molecular flexibility index (Phi) is 5.27. The first-order valence-corrected chi connectivity index (χ1v) is 8.77. The standard InChI is InChI=1S/C19H18BrN3O3/c1-11-16(18(24)22-13-6-4-3-5-7-13)17(23-19(25)21-11)14-10-12(20)8-9-15(14)26-2/h3-10,17H,1-2H3,(H,22,24)(H2,21,23,25). The highest BCUT2D eigenvalue weighted by Crippen LogP contribution is 2.35. The Morgan fingerprint density at radius 2 is 1.92 bits per heavy atom. The number of halogens is 1. The lowest BCUT2D eigenvalue weighted by atomic mass is 9.94. The predicted octanol–water partition coefficient (Wildman–Crippen LogP) is 3.72. The second kappa shape index (κ2) is 7.61. The van der Waals surface area contributed by atoms with Gasteiger partial charge in [0.05, 0.1) is 18.7 Å². The van der Waals surface area contributed by atoms with E-state index < -0.39 is 6.04 Å². The predicted molar refractivity (Wildman–Crippen MR) is 103 cm³/mol. The van der Waals surface area contributed by atoms with E-state index >= 15 is 0 Å². The summed E-state index contributed by atoms with van der Waals surface area (Å²) in [5, 5.41) is 8.34. The quantitative estimate of drug-likeness (QED) is 0.711. The molecule has 0 bridgehead atoms. The molecule has 0 radical (unpaired) electrons. The van der Waals surface area contributed by atoms with Gasteiger partial charge in [-0.25, -0.2) is 4.79 Å². The smallest absolute Gasteiger partial charge is 0.319 e. The lowest BCUT2D eigenvalue weighted by Gasteiger charge is -2.29. The van der Waals surface area contributed by atoms with Gasteiger partial charge in [0.15, 0.2) is 0 Å². The van der Waals surface area contributed by atoms with Crippen molar-refractivity contribution in [2.45, 2.75) is 13.0 Å². The molecule has 0 aliphatic carbocycles. The van der Waals surface area contributed by atoms with E-state index in [1.54, 1.807) is 32.2 Å². The average molecular weight is 416 g/mol. The molecule has 26 heavy (non-hydrogen) atoms. The van der Waals surface area contributed by atoms with Crippen LogP contribution in [0.25, 0.3) is 0 Å². The van der Waals surface area contributed by atoms with Crippen molar-refractivity contribution in [2.75, 3.05) is 12.4 Å². The highest BCUT2D eigenvalue weighted by Gasteiger charge is 2.33. The van der Waals surface area contributed by atoms with Crippen molar-refractivity contribution in [3.63, 3.8) is 0 Å². The van der Waals surface area contributed by atoms with Crippen LogP contribution in [0.1, 0.15) is 18.5 Å². The van der Waals surface area contributed by atoms with E-state index in [1.807, 2.05) is 30.3 Å². The van der Waals surface area contributed by atoms with E-state index in [4.69, 9.17) is 4.74 Å². The van der Waals surface area contributed by atoms with Gasteiger partial charge in [-0.2, -0.15) is 0 Å².